The first-order chi connectivity index (χ1) is 15.0. The van der Waals surface area contributed by atoms with E-state index in [1.165, 1.54) is 11.8 Å². The van der Waals surface area contributed by atoms with E-state index in [1.54, 1.807) is 18.9 Å². The van der Waals surface area contributed by atoms with E-state index in [2.05, 4.69) is 24.8 Å². The van der Waals surface area contributed by atoms with Crippen LogP contribution in [0.4, 0.5) is 11.4 Å². The molecule has 1 saturated heterocycles. The average Bonchev–Trinajstić information content (AvgIpc) is 3.30. The van der Waals surface area contributed by atoms with Gasteiger partial charge in [-0.1, -0.05) is 36.7 Å². The van der Waals surface area contributed by atoms with Gasteiger partial charge in [0, 0.05) is 29.1 Å². The number of amidine groups is 1. The fourth-order valence-corrected chi connectivity index (χ4v) is 5.95. The lowest BCUT2D eigenvalue weighted by Gasteiger charge is -2.19. The molecular formula is C23H24ClN3O2S2. The molecule has 2 aliphatic heterocycles. The molecule has 1 amide bonds. The molecular weight excluding hydrogens is 450 g/mol. The molecule has 2 heterocycles. The first-order valence-corrected chi connectivity index (χ1v) is 12.3. The maximum absolute atomic E-state index is 13.5. The highest BCUT2D eigenvalue weighted by molar-refractivity contribution is 8.19. The van der Waals surface area contributed by atoms with E-state index >= 15 is 0 Å². The summed E-state index contributed by atoms with van der Waals surface area (Å²) in [7, 11) is 1.67. The van der Waals surface area contributed by atoms with Crippen molar-refractivity contribution in [2.75, 3.05) is 25.1 Å². The number of methoxy groups -OCH3 is 1. The lowest BCUT2D eigenvalue weighted by atomic mass is 10.2. The van der Waals surface area contributed by atoms with Gasteiger partial charge in [0.25, 0.3) is 5.91 Å². The Bertz CT molecular complexity index is 1050. The number of ether oxygens (including phenoxy) is 1. The van der Waals surface area contributed by atoms with E-state index in [9.17, 15) is 4.79 Å². The van der Waals surface area contributed by atoms with Gasteiger partial charge in [-0.15, -0.1) is 0 Å². The SMILES string of the molecule is CCCCN1C(=O)/C(=C2/Sc3ccc(OC)cc3N2CC)SC1=Nc1ccc(Cl)cc1. The molecule has 8 heteroatoms. The number of unbranched alkanes of at least 4 members (excludes halogenated alkanes) is 1. The van der Waals surface area contributed by atoms with Crippen LogP contribution >= 0.6 is 35.1 Å². The van der Waals surface area contributed by atoms with Crippen LogP contribution in [0.25, 0.3) is 0 Å². The van der Waals surface area contributed by atoms with Gasteiger partial charge in [-0.3, -0.25) is 9.69 Å². The van der Waals surface area contributed by atoms with Crippen molar-refractivity contribution in [3.8, 4) is 5.75 Å². The van der Waals surface area contributed by atoms with Gasteiger partial charge < -0.3 is 9.64 Å². The predicted molar refractivity (Wildman–Crippen MR) is 132 cm³/mol. The van der Waals surface area contributed by atoms with Gasteiger partial charge in [0.15, 0.2) is 5.17 Å². The molecule has 0 unspecified atom stereocenters. The number of thioether (sulfide) groups is 2. The molecule has 0 radical (unpaired) electrons. The molecule has 2 aromatic carbocycles. The molecule has 1 fully saturated rings. The molecule has 0 saturated carbocycles. The topological polar surface area (TPSA) is 45.1 Å². The maximum atomic E-state index is 13.5. The summed E-state index contributed by atoms with van der Waals surface area (Å²) in [5.41, 5.74) is 1.86. The Morgan fingerprint density at radius 3 is 2.52 bits per heavy atom. The Hall–Kier alpha value is -2.09. The maximum Gasteiger partial charge on any atom is 0.269 e. The number of amides is 1. The number of carbonyl (C=O) groups excluding carboxylic acids is 1. The highest BCUT2D eigenvalue weighted by Gasteiger charge is 2.39. The van der Waals surface area contributed by atoms with Crippen molar-refractivity contribution in [3.05, 3.63) is 57.4 Å². The van der Waals surface area contributed by atoms with Crippen LogP contribution in [0.1, 0.15) is 26.7 Å². The van der Waals surface area contributed by atoms with Gasteiger partial charge in [-0.25, -0.2) is 4.99 Å². The summed E-state index contributed by atoms with van der Waals surface area (Å²) in [5, 5.41) is 2.34. The molecule has 162 valence electrons. The Kier molecular flexibility index (Phi) is 6.84. The van der Waals surface area contributed by atoms with Crippen LogP contribution in [0, 0.1) is 0 Å². The first-order valence-electron chi connectivity index (χ1n) is 10.3. The highest BCUT2D eigenvalue weighted by Crippen LogP contribution is 2.51. The number of fused-ring (bicyclic) bond motifs is 1. The summed E-state index contributed by atoms with van der Waals surface area (Å²) in [4.78, 5) is 24.1. The van der Waals surface area contributed by atoms with E-state index in [4.69, 9.17) is 21.3 Å². The second-order valence-electron chi connectivity index (χ2n) is 7.10. The van der Waals surface area contributed by atoms with E-state index in [0.717, 1.165) is 51.3 Å². The standard InChI is InChI=1S/C23H24ClN3O2S2/c1-4-6-13-27-21(28)20(31-23(27)25-16-9-7-15(24)8-10-16)22-26(5-2)18-14-17(29-3)11-12-19(18)30-22/h7-12,14H,4-6,13H2,1-3H3/b22-20-,25-23?. The van der Waals surface area contributed by atoms with Crippen LogP contribution in [0.5, 0.6) is 5.75 Å². The molecule has 0 aliphatic carbocycles. The quantitative estimate of drug-likeness (QED) is 0.447. The predicted octanol–water partition coefficient (Wildman–Crippen LogP) is 6.51. The van der Waals surface area contributed by atoms with Crippen molar-refractivity contribution in [1.29, 1.82) is 0 Å². The minimum atomic E-state index is 0.0203. The van der Waals surface area contributed by atoms with E-state index < -0.39 is 0 Å². The fourth-order valence-electron chi connectivity index (χ4n) is 3.43. The molecule has 0 atom stereocenters. The second-order valence-corrected chi connectivity index (χ2v) is 9.54. The summed E-state index contributed by atoms with van der Waals surface area (Å²) in [6.45, 7) is 5.64. The highest BCUT2D eigenvalue weighted by atomic mass is 35.5. The molecule has 0 spiro atoms. The van der Waals surface area contributed by atoms with E-state index in [-0.39, 0.29) is 5.91 Å². The molecule has 0 aromatic heterocycles. The van der Waals surface area contributed by atoms with Gasteiger partial charge >= 0.3 is 0 Å². The monoisotopic (exact) mass is 473 g/mol. The summed E-state index contributed by atoms with van der Waals surface area (Å²) in [5.74, 6) is 0.830. The molecule has 4 rings (SSSR count). The van der Waals surface area contributed by atoms with Crippen molar-refractivity contribution in [2.24, 2.45) is 4.99 Å². The van der Waals surface area contributed by atoms with Crippen LogP contribution in [0.2, 0.25) is 5.02 Å². The van der Waals surface area contributed by atoms with Gasteiger partial charge in [0.05, 0.1) is 18.5 Å². The van der Waals surface area contributed by atoms with Crippen LogP contribution in [0.15, 0.2) is 62.3 Å². The number of rotatable bonds is 6. The van der Waals surface area contributed by atoms with Gasteiger partial charge in [-0.2, -0.15) is 0 Å². The number of carbonyl (C=O) groups is 1. The van der Waals surface area contributed by atoms with Crippen molar-refractivity contribution in [3.63, 3.8) is 0 Å². The molecule has 0 N–H and O–H groups in total. The smallest absolute Gasteiger partial charge is 0.269 e. The third-order valence-corrected chi connectivity index (χ3v) is 7.70. The zero-order chi connectivity index (χ0) is 22.0. The normalized spacial score (nSPS) is 19.5. The van der Waals surface area contributed by atoms with Crippen molar-refractivity contribution >= 4 is 57.6 Å². The minimum absolute atomic E-state index is 0.0203. The van der Waals surface area contributed by atoms with Crippen molar-refractivity contribution in [2.45, 2.75) is 31.6 Å². The van der Waals surface area contributed by atoms with Crippen molar-refractivity contribution in [1.82, 2.24) is 4.90 Å². The fraction of sp³-hybridized carbons (Fsp3) is 0.304. The van der Waals surface area contributed by atoms with Crippen LogP contribution < -0.4 is 9.64 Å². The Labute approximate surface area is 196 Å². The van der Waals surface area contributed by atoms with Crippen LogP contribution in [-0.4, -0.2) is 36.2 Å². The Morgan fingerprint density at radius 1 is 1.06 bits per heavy atom. The van der Waals surface area contributed by atoms with Gasteiger partial charge in [0.1, 0.15) is 15.7 Å². The summed E-state index contributed by atoms with van der Waals surface area (Å²) >= 11 is 9.10. The molecule has 2 aromatic rings. The van der Waals surface area contributed by atoms with Gasteiger partial charge in [0.2, 0.25) is 0 Å². The molecule has 31 heavy (non-hydrogen) atoms. The molecule has 0 bridgehead atoms. The summed E-state index contributed by atoms with van der Waals surface area (Å²) < 4.78 is 5.41. The number of hydrogen-bond acceptors (Lipinski definition) is 6. The zero-order valence-electron chi connectivity index (χ0n) is 17.7. The van der Waals surface area contributed by atoms with Crippen LogP contribution in [-0.2, 0) is 4.79 Å². The molecule has 5 nitrogen and oxygen atoms in total. The van der Waals surface area contributed by atoms with Crippen LogP contribution in [0.3, 0.4) is 0 Å². The Morgan fingerprint density at radius 2 is 1.84 bits per heavy atom. The first kappa shape index (κ1) is 22.1. The number of benzene rings is 2. The van der Waals surface area contributed by atoms with Gasteiger partial charge in [-0.05, 0) is 61.5 Å². The third kappa shape index (κ3) is 4.45. The lowest BCUT2D eigenvalue weighted by Crippen LogP contribution is -2.30. The third-order valence-electron chi connectivity index (χ3n) is 5.07. The number of nitrogens with zero attached hydrogens (tertiary/aromatic N) is 3. The molecule has 2 aliphatic rings. The van der Waals surface area contributed by atoms with Crippen molar-refractivity contribution < 1.29 is 9.53 Å². The summed E-state index contributed by atoms with van der Waals surface area (Å²) in [6.07, 6.45) is 1.94. The number of aliphatic imine (C=N–C) groups is 1. The number of anilines is 1. The average molecular weight is 474 g/mol. The summed E-state index contributed by atoms with van der Waals surface area (Å²) in [6, 6.07) is 13.4. The number of hydrogen-bond donors (Lipinski definition) is 0. The second kappa shape index (κ2) is 9.59. The zero-order valence-corrected chi connectivity index (χ0v) is 20.1. The largest absolute Gasteiger partial charge is 0.497 e. The van der Waals surface area contributed by atoms with E-state index in [1.807, 2.05) is 41.3 Å². The van der Waals surface area contributed by atoms with E-state index in [0.29, 0.717) is 16.7 Å². The Balaban J connectivity index is 1.73. The number of halogens is 1. The minimum Gasteiger partial charge on any atom is -0.497 e. The lowest BCUT2D eigenvalue weighted by molar-refractivity contribution is -0.122.